The van der Waals surface area contributed by atoms with Crippen LogP contribution in [0.3, 0.4) is 0 Å². The first-order valence-corrected chi connectivity index (χ1v) is 8.32. The van der Waals surface area contributed by atoms with Crippen molar-refractivity contribution in [3.8, 4) is 11.5 Å². The maximum absolute atomic E-state index is 5.75. The summed E-state index contributed by atoms with van der Waals surface area (Å²) in [5.74, 6) is 1.68. The van der Waals surface area contributed by atoms with Crippen molar-refractivity contribution >= 4 is 0 Å². The summed E-state index contributed by atoms with van der Waals surface area (Å²) >= 11 is 0. The van der Waals surface area contributed by atoms with Gasteiger partial charge in [-0.25, -0.2) is 0 Å². The fraction of sp³-hybridized carbons (Fsp3) is 0.667. The Hall–Kier alpha value is -1.22. The zero-order chi connectivity index (χ0) is 15.3. The molecule has 0 bridgehead atoms. The van der Waals surface area contributed by atoms with Crippen LogP contribution in [0.15, 0.2) is 18.2 Å². The van der Waals surface area contributed by atoms with Gasteiger partial charge in [-0.1, -0.05) is 45.6 Å². The third kappa shape index (κ3) is 7.37. The lowest BCUT2D eigenvalue weighted by Crippen LogP contribution is -2.14. The Bertz CT molecular complexity index is 379. The predicted octanol–water partition coefficient (Wildman–Crippen LogP) is 4.54. The topological polar surface area (TPSA) is 30.5 Å². The van der Waals surface area contributed by atoms with E-state index in [4.69, 9.17) is 9.47 Å². The number of methoxy groups -OCH3 is 1. The van der Waals surface area contributed by atoms with Gasteiger partial charge in [0, 0.05) is 6.54 Å². The molecule has 0 spiro atoms. The van der Waals surface area contributed by atoms with Crippen LogP contribution in [-0.4, -0.2) is 20.3 Å². The Morgan fingerprint density at radius 3 is 2.48 bits per heavy atom. The maximum Gasteiger partial charge on any atom is 0.161 e. The van der Waals surface area contributed by atoms with Crippen molar-refractivity contribution in [2.75, 3.05) is 20.3 Å². The van der Waals surface area contributed by atoms with Gasteiger partial charge in [0.15, 0.2) is 11.5 Å². The van der Waals surface area contributed by atoms with E-state index >= 15 is 0 Å². The van der Waals surface area contributed by atoms with Crippen LogP contribution in [0.25, 0.3) is 0 Å². The molecule has 0 saturated heterocycles. The van der Waals surface area contributed by atoms with E-state index in [0.717, 1.165) is 44.0 Å². The second-order valence-electron chi connectivity index (χ2n) is 5.42. The van der Waals surface area contributed by atoms with E-state index in [1.165, 1.54) is 31.2 Å². The number of hydrogen-bond acceptors (Lipinski definition) is 3. The molecule has 0 aromatic heterocycles. The fourth-order valence-corrected chi connectivity index (χ4v) is 2.18. The van der Waals surface area contributed by atoms with E-state index in [2.05, 4.69) is 31.3 Å². The molecule has 0 radical (unpaired) electrons. The summed E-state index contributed by atoms with van der Waals surface area (Å²) in [6, 6.07) is 6.20. The number of nitrogens with one attached hydrogen (secondary N) is 1. The largest absolute Gasteiger partial charge is 0.493 e. The number of unbranched alkanes of at least 4 members (excludes halogenated alkanes) is 4. The molecule has 1 aromatic rings. The van der Waals surface area contributed by atoms with E-state index in [-0.39, 0.29) is 0 Å². The highest BCUT2D eigenvalue weighted by Crippen LogP contribution is 2.28. The summed E-state index contributed by atoms with van der Waals surface area (Å²) in [5.41, 5.74) is 1.24. The molecule has 0 aliphatic heterocycles. The van der Waals surface area contributed by atoms with Crippen molar-refractivity contribution in [3.05, 3.63) is 23.8 Å². The highest BCUT2D eigenvalue weighted by molar-refractivity contribution is 5.42. The Labute approximate surface area is 130 Å². The average Bonchev–Trinajstić information content (AvgIpc) is 2.52. The summed E-state index contributed by atoms with van der Waals surface area (Å²) in [6.45, 7) is 7.12. The van der Waals surface area contributed by atoms with Crippen LogP contribution < -0.4 is 14.8 Å². The minimum atomic E-state index is 0.752. The summed E-state index contributed by atoms with van der Waals surface area (Å²) in [4.78, 5) is 0. The first-order valence-electron chi connectivity index (χ1n) is 8.32. The van der Waals surface area contributed by atoms with Crippen molar-refractivity contribution in [2.45, 2.75) is 58.9 Å². The van der Waals surface area contributed by atoms with Crippen LogP contribution in [0.1, 0.15) is 57.9 Å². The molecule has 120 valence electrons. The third-order valence-corrected chi connectivity index (χ3v) is 3.52. The molecule has 0 saturated carbocycles. The summed E-state index contributed by atoms with van der Waals surface area (Å²) in [7, 11) is 1.70. The molecule has 1 aromatic carbocycles. The van der Waals surface area contributed by atoms with Gasteiger partial charge in [-0.05, 0) is 37.1 Å². The van der Waals surface area contributed by atoms with Crippen molar-refractivity contribution < 1.29 is 9.47 Å². The fourth-order valence-electron chi connectivity index (χ4n) is 2.18. The minimum Gasteiger partial charge on any atom is -0.493 e. The Kier molecular flexibility index (Phi) is 9.71. The number of rotatable bonds is 12. The van der Waals surface area contributed by atoms with Crippen LogP contribution in [0.4, 0.5) is 0 Å². The Morgan fingerprint density at radius 1 is 0.952 bits per heavy atom. The summed E-state index contributed by atoms with van der Waals surface area (Å²) < 4.78 is 11.2. The van der Waals surface area contributed by atoms with Crippen LogP contribution in [0.5, 0.6) is 11.5 Å². The molecular weight excluding hydrogens is 262 g/mol. The molecule has 21 heavy (non-hydrogen) atoms. The van der Waals surface area contributed by atoms with Crippen LogP contribution >= 0.6 is 0 Å². The third-order valence-electron chi connectivity index (χ3n) is 3.52. The Morgan fingerprint density at radius 2 is 1.76 bits per heavy atom. The molecule has 0 atom stereocenters. The molecule has 0 aliphatic rings. The standard InChI is InChI=1S/C18H31NO2/c1-4-6-8-9-12-19-15-16-10-11-17(18(14-16)20-3)21-13-7-5-2/h10-11,14,19H,4-9,12-13,15H2,1-3H3. The Balaban J connectivity index is 2.38. The zero-order valence-electron chi connectivity index (χ0n) is 13.9. The lowest BCUT2D eigenvalue weighted by Gasteiger charge is -2.12. The SMILES string of the molecule is CCCCCCNCc1ccc(OCCCC)c(OC)c1. The first-order chi connectivity index (χ1) is 10.3. The molecule has 0 unspecified atom stereocenters. The average molecular weight is 293 g/mol. The van der Waals surface area contributed by atoms with Gasteiger partial charge in [-0.3, -0.25) is 0 Å². The zero-order valence-corrected chi connectivity index (χ0v) is 13.9. The van der Waals surface area contributed by atoms with Crippen molar-refractivity contribution in [3.63, 3.8) is 0 Å². The molecule has 0 amide bonds. The molecule has 3 heteroatoms. The molecule has 1 rings (SSSR count). The first kappa shape index (κ1) is 17.8. The number of benzene rings is 1. The smallest absolute Gasteiger partial charge is 0.161 e. The van der Waals surface area contributed by atoms with Gasteiger partial charge >= 0.3 is 0 Å². The molecule has 1 N–H and O–H groups in total. The van der Waals surface area contributed by atoms with Crippen LogP contribution in [0.2, 0.25) is 0 Å². The maximum atomic E-state index is 5.75. The second-order valence-corrected chi connectivity index (χ2v) is 5.42. The quantitative estimate of drug-likeness (QED) is 0.574. The van der Waals surface area contributed by atoms with E-state index in [0.29, 0.717) is 0 Å². The molecule has 0 aliphatic carbocycles. The van der Waals surface area contributed by atoms with Crippen LogP contribution in [0, 0.1) is 0 Å². The highest BCUT2D eigenvalue weighted by Gasteiger charge is 2.05. The van der Waals surface area contributed by atoms with E-state index < -0.39 is 0 Å². The van der Waals surface area contributed by atoms with Gasteiger partial charge in [0.25, 0.3) is 0 Å². The van der Waals surface area contributed by atoms with E-state index in [1.54, 1.807) is 7.11 Å². The second kappa shape index (κ2) is 11.4. The molecule has 0 heterocycles. The lowest BCUT2D eigenvalue weighted by atomic mass is 10.2. The minimum absolute atomic E-state index is 0.752. The van der Waals surface area contributed by atoms with E-state index in [1.807, 2.05) is 6.07 Å². The number of hydrogen-bond donors (Lipinski definition) is 1. The van der Waals surface area contributed by atoms with Gasteiger partial charge in [-0.15, -0.1) is 0 Å². The van der Waals surface area contributed by atoms with Gasteiger partial charge in [0.1, 0.15) is 0 Å². The van der Waals surface area contributed by atoms with Crippen molar-refractivity contribution in [1.29, 1.82) is 0 Å². The van der Waals surface area contributed by atoms with Gasteiger partial charge < -0.3 is 14.8 Å². The lowest BCUT2D eigenvalue weighted by molar-refractivity contribution is 0.288. The summed E-state index contributed by atoms with van der Waals surface area (Å²) in [5, 5.41) is 3.49. The van der Waals surface area contributed by atoms with E-state index in [9.17, 15) is 0 Å². The van der Waals surface area contributed by atoms with Gasteiger partial charge in [0.05, 0.1) is 13.7 Å². The van der Waals surface area contributed by atoms with Crippen molar-refractivity contribution in [2.24, 2.45) is 0 Å². The molecule has 0 fully saturated rings. The molecular formula is C18H31NO2. The summed E-state index contributed by atoms with van der Waals surface area (Å²) in [6.07, 6.45) is 7.41. The highest BCUT2D eigenvalue weighted by atomic mass is 16.5. The van der Waals surface area contributed by atoms with Gasteiger partial charge in [-0.2, -0.15) is 0 Å². The van der Waals surface area contributed by atoms with Gasteiger partial charge in [0.2, 0.25) is 0 Å². The van der Waals surface area contributed by atoms with Crippen molar-refractivity contribution in [1.82, 2.24) is 5.32 Å². The molecule has 3 nitrogen and oxygen atoms in total. The normalized spacial score (nSPS) is 10.6. The van der Waals surface area contributed by atoms with Crippen LogP contribution in [-0.2, 0) is 6.54 Å². The monoisotopic (exact) mass is 293 g/mol. The predicted molar refractivity (Wildman–Crippen MR) is 89.2 cm³/mol. The number of ether oxygens (including phenoxy) is 2.